The fourth-order valence-electron chi connectivity index (χ4n) is 2.94. The molecule has 10 heteroatoms. The Bertz CT molecular complexity index is 1010. The van der Waals surface area contributed by atoms with Gasteiger partial charge in [-0.05, 0) is 36.6 Å². The van der Waals surface area contributed by atoms with Gasteiger partial charge in [0.25, 0.3) is 5.91 Å². The van der Waals surface area contributed by atoms with Gasteiger partial charge in [0.2, 0.25) is 0 Å². The molecule has 0 spiro atoms. The minimum atomic E-state index is -1.14. The fraction of sp³-hybridized carbons (Fsp3) is 0.333. The number of para-hydroxylation sites is 1. The van der Waals surface area contributed by atoms with Gasteiger partial charge in [-0.15, -0.1) is 0 Å². The molecular weight excluding hydrogens is 483 g/mol. The number of esters is 1. The number of carbonyl (C=O) groups excluding carboxylic acids is 4. The van der Waals surface area contributed by atoms with Crippen LogP contribution in [0, 0.1) is 5.92 Å². The molecule has 0 saturated heterocycles. The molecule has 182 valence electrons. The van der Waals surface area contributed by atoms with E-state index in [2.05, 4.69) is 10.6 Å². The van der Waals surface area contributed by atoms with Crippen molar-refractivity contribution in [2.24, 2.45) is 5.92 Å². The first-order valence-electron chi connectivity index (χ1n) is 10.6. The lowest BCUT2D eigenvalue weighted by atomic mass is 10.0. The van der Waals surface area contributed by atoms with Crippen LogP contribution in [0.1, 0.15) is 37.6 Å². The van der Waals surface area contributed by atoms with E-state index < -0.39 is 42.5 Å². The number of carbonyl (C=O) groups is 4. The summed E-state index contributed by atoms with van der Waals surface area (Å²) >= 11 is 12.0. The molecule has 0 fully saturated rings. The summed E-state index contributed by atoms with van der Waals surface area (Å²) in [6.07, 6.45) is -1.71. The Morgan fingerprint density at radius 2 is 1.56 bits per heavy atom. The van der Waals surface area contributed by atoms with E-state index in [1.807, 2.05) is 0 Å². The van der Waals surface area contributed by atoms with Crippen molar-refractivity contribution in [3.05, 3.63) is 64.1 Å². The number of rotatable bonds is 10. The lowest BCUT2D eigenvalue weighted by Crippen LogP contribution is -2.49. The van der Waals surface area contributed by atoms with Crippen LogP contribution >= 0.6 is 23.2 Å². The fourth-order valence-corrected chi connectivity index (χ4v) is 3.49. The van der Waals surface area contributed by atoms with Gasteiger partial charge < -0.3 is 14.8 Å². The van der Waals surface area contributed by atoms with Crippen molar-refractivity contribution in [3.63, 3.8) is 0 Å². The van der Waals surface area contributed by atoms with E-state index in [9.17, 15) is 19.2 Å². The normalized spacial score (nSPS) is 12.4. The Morgan fingerprint density at radius 3 is 2.12 bits per heavy atom. The predicted octanol–water partition coefficient (Wildman–Crippen LogP) is 4.89. The number of Topliss-reactive ketones (excluding diaryl/α,β-unsaturated/α-hetero) is 1. The van der Waals surface area contributed by atoms with E-state index in [4.69, 9.17) is 32.7 Å². The molecular formula is C24H26Cl2N2O6. The molecule has 0 aliphatic heterocycles. The first-order chi connectivity index (χ1) is 16.1. The standard InChI is InChI=1S/C24H26Cl2N2O6/c1-4-18(19(29)13-33-23(31)20-16(25)11-8-12-17(20)26)28-22(30)21(14(2)3)34-24(32)27-15-9-6-5-7-10-15/h5-12,14,18,21H,4,13H2,1-3H3,(H,27,32)(H,28,30)/t18-,21-/m0/s1. The maximum Gasteiger partial charge on any atom is 0.412 e. The summed E-state index contributed by atoms with van der Waals surface area (Å²) in [6.45, 7) is 4.50. The SMILES string of the molecule is CC[C@H](NC(=O)[C@@H](OC(=O)Nc1ccccc1)C(C)C)C(=O)COC(=O)c1c(Cl)cccc1Cl. The molecule has 0 radical (unpaired) electrons. The van der Waals surface area contributed by atoms with E-state index in [1.165, 1.54) is 12.1 Å². The highest BCUT2D eigenvalue weighted by Crippen LogP contribution is 2.25. The van der Waals surface area contributed by atoms with Gasteiger partial charge in [-0.25, -0.2) is 9.59 Å². The molecule has 0 unspecified atom stereocenters. The molecule has 8 nitrogen and oxygen atoms in total. The summed E-state index contributed by atoms with van der Waals surface area (Å²) in [5, 5.41) is 5.30. The third kappa shape index (κ3) is 7.74. The Hall–Kier alpha value is -3.10. The van der Waals surface area contributed by atoms with Crippen LogP contribution < -0.4 is 10.6 Å². The van der Waals surface area contributed by atoms with Crippen LogP contribution in [-0.4, -0.2) is 42.5 Å². The number of benzene rings is 2. The van der Waals surface area contributed by atoms with Gasteiger partial charge in [0.1, 0.15) is 0 Å². The number of halogens is 2. The topological polar surface area (TPSA) is 111 Å². The molecule has 2 N–H and O–H groups in total. The van der Waals surface area contributed by atoms with E-state index in [-0.39, 0.29) is 27.9 Å². The molecule has 0 aromatic heterocycles. The van der Waals surface area contributed by atoms with Crippen LogP contribution in [0.2, 0.25) is 10.0 Å². The molecule has 0 saturated carbocycles. The zero-order valence-corrected chi connectivity index (χ0v) is 20.5. The van der Waals surface area contributed by atoms with Crippen LogP contribution in [0.25, 0.3) is 0 Å². The third-order valence-corrected chi connectivity index (χ3v) is 5.37. The molecule has 34 heavy (non-hydrogen) atoms. The highest BCUT2D eigenvalue weighted by Gasteiger charge is 2.30. The van der Waals surface area contributed by atoms with Crippen molar-refractivity contribution in [3.8, 4) is 0 Å². The van der Waals surface area contributed by atoms with E-state index >= 15 is 0 Å². The molecule has 2 atom stereocenters. The molecule has 2 rings (SSSR count). The maximum atomic E-state index is 12.8. The monoisotopic (exact) mass is 508 g/mol. The Morgan fingerprint density at radius 1 is 0.941 bits per heavy atom. The Kier molecular flexibility index (Phi) is 10.3. The minimum Gasteiger partial charge on any atom is -0.454 e. The number of nitrogens with one attached hydrogen (secondary N) is 2. The number of ether oxygens (including phenoxy) is 2. The average Bonchev–Trinajstić information content (AvgIpc) is 2.79. The molecule has 2 aromatic rings. The van der Waals surface area contributed by atoms with Gasteiger partial charge in [-0.3, -0.25) is 14.9 Å². The lowest BCUT2D eigenvalue weighted by molar-refractivity contribution is -0.135. The largest absolute Gasteiger partial charge is 0.454 e. The summed E-state index contributed by atoms with van der Waals surface area (Å²) in [6, 6.07) is 12.2. The molecule has 0 aliphatic rings. The van der Waals surface area contributed by atoms with Crippen molar-refractivity contribution in [1.29, 1.82) is 0 Å². The number of anilines is 1. The van der Waals surface area contributed by atoms with E-state index in [1.54, 1.807) is 57.2 Å². The number of amides is 2. The first kappa shape index (κ1) is 27.1. The Balaban J connectivity index is 1.96. The van der Waals surface area contributed by atoms with Crippen molar-refractivity contribution in [2.75, 3.05) is 11.9 Å². The van der Waals surface area contributed by atoms with Gasteiger partial charge in [0.15, 0.2) is 18.5 Å². The summed E-state index contributed by atoms with van der Waals surface area (Å²) in [5.74, 6) is -2.40. The highest BCUT2D eigenvalue weighted by atomic mass is 35.5. The van der Waals surface area contributed by atoms with Crippen LogP contribution in [0.15, 0.2) is 48.5 Å². The smallest absolute Gasteiger partial charge is 0.412 e. The van der Waals surface area contributed by atoms with Crippen molar-refractivity contribution < 1.29 is 28.7 Å². The number of ketones is 1. The summed E-state index contributed by atoms with van der Waals surface area (Å²) in [5.41, 5.74) is 0.464. The number of hydrogen-bond acceptors (Lipinski definition) is 6. The molecule has 0 heterocycles. The van der Waals surface area contributed by atoms with E-state index in [0.717, 1.165) is 0 Å². The molecule has 2 aromatic carbocycles. The second-order valence-electron chi connectivity index (χ2n) is 7.67. The van der Waals surface area contributed by atoms with Crippen molar-refractivity contribution in [1.82, 2.24) is 5.32 Å². The molecule has 0 bridgehead atoms. The Labute approximate surface area is 207 Å². The molecule has 2 amide bonds. The van der Waals surface area contributed by atoms with E-state index in [0.29, 0.717) is 5.69 Å². The second kappa shape index (κ2) is 13.0. The average molecular weight is 509 g/mol. The summed E-state index contributed by atoms with van der Waals surface area (Å²) < 4.78 is 10.3. The predicted molar refractivity (Wildman–Crippen MR) is 129 cm³/mol. The lowest BCUT2D eigenvalue weighted by Gasteiger charge is -2.24. The zero-order chi connectivity index (χ0) is 25.3. The summed E-state index contributed by atoms with van der Waals surface area (Å²) in [4.78, 5) is 49.9. The minimum absolute atomic E-state index is 0.0478. The number of hydrogen-bond donors (Lipinski definition) is 2. The second-order valence-corrected chi connectivity index (χ2v) is 8.48. The van der Waals surface area contributed by atoms with Gasteiger partial charge in [0.05, 0.1) is 21.7 Å². The van der Waals surface area contributed by atoms with Crippen LogP contribution in [-0.2, 0) is 19.1 Å². The zero-order valence-electron chi connectivity index (χ0n) is 19.0. The van der Waals surface area contributed by atoms with Gasteiger partial charge >= 0.3 is 12.1 Å². The quantitative estimate of drug-likeness (QED) is 0.442. The highest BCUT2D eigenvalue weighted by molar-refractivity contribution is 6.39. The van der Waals surface area contributed by atoms with Gasteiger partial charge in [0, 0.05) is 5.69 Å². The van der Waals surface area contributed by atoms with Crippen molar-refractivity contribution >= 4 is 52.6 Å². The van der Waals surface area contributed by atoms with Crippen molar-refractivity contribution in [2.45, 2.75) is 39.3 Å². The van der Waals surface area contributed by atoms with Crippen LogP contribution in [0.3, 0.4) is 0 Å². The van der Waals surface area contributed by atoms with Crippen LogP contribution in [0.4, 0.5) is 10.5 Å². The maximum absolute atomic E-state index is 12.8. The van der Waals surface area contributed by atoms with Gasteiger partial charge in [-0.1, -0.05) is 68.2 Å². The summed E-state index contributed by atoms with van der Waals surface area (Å²) in [7, 11) is 0. The third-order valence-electron chi connectivity index (χ3n) is 4.74. The van der Waals surface area contributed by atoms with Gasteiger partial charge in [-0.2, -0.15) is 0 Å². The van der Waals surface area contributed by atoms with Crippen LogP contribution in [0.5, 0.6) is 0 Å². The molecule has 0 aliphatic carbocycles. The first-order valence-corrected chi connectivity index (χ1v) is 11.4.